The number of hydrogen-bond acceptors (Lipinski definition) is 3. The molecule has 0 saturated carbocycles. The zero-order chi connectivity index (χ0) is 15.2. The number of rotatable bonds is 6. The van der Waals surface area contributed by atoms with Crippen LogP contribution in [-0.2, 0) is 11.9 Å². The maximum absolute atomic E-state index is 5.16. The van der Waals surface area contributed by atoms with Crippen LogP contribution in [0, 0.1) is 0 Å². The van der Waals surface area contributed by atoms with Gasteiger partial charge in [-0.05, 0) is 0 Å². The molecule has 0 aliphatic carbocycles. The van der Waals surface area contributed by atoms with Crippen molar-refractivity contribution >= 4 is 19.4 Å². The first-order valence-corrected chi connectivity index (χ1v) is 9.10. The molecule has 2 aromatic carbocycles. The van der Waals surface area contributed by atoms with Crippen LogP contribution in [0.25, 0.3) is 0 Å². The molecule has 0 aliphatic heterocycles. The van der Waals surface area contributed by atoms with Crippen LogP contribution in [0.5, 0.6) is 5.75 Å². The van der Waals surface area contributed by atoms with E-state index in [1.165, 1.54) is 10.0 Å². The van der Waals surface area contributed by atoms with Gasteiger partial charge in [0.25, 0.3) is 0 Å². The molecule has 112 valence electrons. The Morgan fingerprint density at radius 2 is 1.82 bits per heavy atom. The number of hydrogen-bond donors (Lipinski definition) is 0. The van der Waals surface area contributed by atoms with Crippen LogP contribution in [0.2, 0.25) is 0 Å². The van der Waals surface area contributed by atoms with E-state index in [2.05, 4.69) is 34.6 Å². The average Bonchev–Trinajstić information content (AvgIpc) is 3.02. The molecule has 5 heteroatoms. The Morgan fingerprint density at radius 1 is 1.05 bits per heavy atom. The molecule has 0 spiro atoms. The Labute approximate surface area is 136 Å². The van der Waals surface area contributed by atoms with Gasteiger partial charge in [-0.3, -0.25) is 0 Å². The fourth-order valence-corrected chi connectivity index (χ4v) is 3.74. The zero-order valence-electron chi connectivity index (χ0n) is 12.3. The van der Waals surface area contributed by atoms with Gasteiger partial charge in [0, 0.05) is 0 Å². The van der Waals surface area contributed by atoms with E-state index in [9.17, 15) is 0 Å². The Kier molecular flexibility index (Phi) is 4.88. The summed E-state index contributed by atoms with van der Waals surface area (Å²) in [6.07, 6.45) is 2.04. The molecule has 0 atom stereocenters. The fraction of sp³-hybridized carbons (Fsp3) is 0.176. The van der Waals surface area contributed by atoms with Crippen molar-refractivity contribution in [3.05, 3.63) is 72.1 Å². The van der Waals surface area contributed by atoms with Crippen molar-refractivity contribution in [1.82, 2.24) is 15.0 Å². The second-order valence-electron chi connectivity index (χ2n) is 4.86. The first-order chi connectivity index (χ1) is 10.8. The number of nitrogens with zero attached hydrogens (tertiary/aromatic N) is 3. The summed E-state index contributed by atoms with van der Waals surface area (Å²) in [5.41, 5.74) is 2.24. The fourth-order valence-electron chi connectivity index (χ4n) is 2.07. The van der Waals surface area contributed by atoms with Gasteiger partial charge in [0.15, 0.2) is 0 Å². The van der Waals surface area contributed by atoms with Crippen LogP contribution in [0.15, 0.2) is 60.8 Å². The molecule has 0 aliphatic rings. The Balaban J connectivity index is 1.58. The molecule has 0 bridgehead atoms. The van der Waals surface area contributed by atoms with E-state index in [1.807, 2.05) is 41.2 Å². The molecule has 3 rings (SSSR count). The predicted octanol–water partition coefficient (Wildman–Crippen LogP) is 1.86. The van der Waals surface area contributed by atoms with Gasteiger partial charge in [-0.2, -0.15) is 0 Å². The molecule has 0 amide bonds. The predicted molar refractivity (Wildman–Crippen MR) is 87.7 cm³/mol. The maximum atomic E-state index is 5.16. The van der Waals surface area contributed by atoms with Crippen molar-refractivity contribution in [2.45, 2.75) is 11.9 Å². The van der Waals surface area contributed by atoms with Crippen LogP contribution in [0.3, 0.4) is 0 Å². The van der Waals surface area contributed by atoms with Crippen molar-refractivity contribution in [2.24, 2.45) is 0 Å². The summed E-state index contributed by atoms with van der Waals surface area (Å²) < 4.78 is 8.44. The number of ether oxygens (including phenoxy) is 1. The standard InChI is InChI=1S/C17H17N3OSe/c1-21-16-9-7-14(8-10-16)11-20-12-15(18-19-20)13-22-17-5-3-2-4-6-17/h2-10,12H,11,13H2,1H3. The van der Waals surface area contributed by atoms with Gasteiger partial charge in [0.1, 0.15) is 0 Å². The summed E-state index contributed by atoms with van der Waals surface area (Å²) in [5, 5.41) is 9.45. The normalized spacial score (nSPS) is 10.6. The van der Waals surface area contributed by atoms with E-state index in [0.717, 1.165) is 23.3 Å². The molecule has 0 fully saturated rings. The second kappa shape index (κ2) is 7.25. The average molecular weight is 358 g/mol. The summed E-state index contributed by atoms with van der Waals surface area (Å²) in [7, 11) is 1.67. The van der Waals surface area contributed by atoms with Gasteiger partial charge >= 0.3 is 136 Å². The van der Waals surface area contributed by atoms with Crippen LogP contribution < -0.4 is 9.20 Å². The van der Waals surface area contributed by atoms with E-state index >= 15 is 0 Å². The molecule has 3 aromatic rings. The molecule has 0 unspecified atom stereocenters. The van der Waals surface area contributed by atoms with Gasteiger partial charge in [-0.25, -0.2) is 0 Å². The van der Waals surface area contributed by atoms with Crippen LogP contribution in [-0.4, -0.2) is 37.1 Å². The molecule has 0 radical (unpaired) electrons. The van der Waals surface area contributed by atoms with Crippen molar-refractivity contribution in [1.29, 1.82) is 0 Å². The van der Waals surface area contributed by atoms with Crippen LogP contribution in [0.4, 0.5) is 0 Å². The van der Waals surface area contributed by atoms with Crippen molar-refractivity contribution in [2.75, 3.05) is 7.11 Å². The third kappa shape index (κ3) is 3.97. The molecule has 0 saturated heterocycles. The van der Waals surface area contributed by atoms with E-state index in [-0.39, 0.29) is 0 Å². The third-order valence-corrected chi connectivity index (χ3v) is 5.41. The van der Waals surface area contributed by atoms with E-state index in [0.29, 0.717) is 15.0 Å². The van der Waals surface area contributed by atoms with Crippen molar-refractivity contribution < 1.29 is 4.74 Å². The first-order valence-electron chi connectivity index (χ1n) is 7.03. The quantitative estimate of drug-likeness (QED) is 0.632. The molecule has 1 heterocycles. The zero-order valence-corrected chi connectivity index (χ0v) is 14.1. The van der Waals surface area contributed by atoms with Crippen molar-refractivity contribution in [3.63, 3.8) is 0 Å². The molecular weight excluding hydrogens is 341 g/mol. The number of methoxy groups -OCH3 is 1. The number of aromatic nitrogens is 3. The van der Waals surface area contributed by atoms with E-state index < -0.39 is 0 Å². The van der Waals surface area contributed by atoms with Gasteiger partial charge in [-0.15, -0.1) is 0 Å². The second-order valence-corrected chi connectivity index (χ2v) is 7.06. The molecular formula is C17H17N3OSe. The van der Waals surface area contributed by atoms with Gasteiger partial charge < -0.3 is 0 Å². The minimum absolute atomic E-state index is 0.405. The summed E-state index contributed by atoms with van der Waals surface area (Å²) in [4.78, 5) is 0. The molecule has 22 heavy (non-hydrogen) atoms. The molecule has 0 N–H and O–H groups in total. The van der Waals surface area contributed by atoms with Gasteiger partial charge in [0.2, 0.25) is 0 Å². The summed E-state index contributed by atoms with van der Waals surface area (Å²) in [6.45, 7) is 0.731. The molecule has 4 nitrogen and oxygen atoms in total. The van der Waals surface area contributed by atoms with Gasteiger partial charge in [0.05, 0.1) is 0 Å². The minimum atomic E-state index is 0.405. The number of benzene rings is 2. The van der Waals surface area contributed by atoms with Crippen LogP contribution in [0.1, 0.15) is 11.3 Å². The molecule has 1 aromatic heterocycles. The summed E-state index contributed by atoms with van der Waals surface area (Å²) in [5.74, 6) is 0.869. The third-order valence-electron chi connectivity index (χ3n) is 3.22. The van der Waals surface area contributed by atoms with Crippen LogP contribution >= 0.6 is 0 Å². The SMILES string of the molecule is COc1ccc(Cn2cc(C[Se]c3ccccc3)nn2)cc1. The summed E-state index contributed by atoms with van der Waals surface area (Å²) >= 11 is 0.405. The van der Waals surface area contributed by atoms with E-state index in [4.69, 9.17) is 4.74 Å². The monoisotopic (exact) mass is 359 g/mol. The Bertz CT molecular complexity index is 710. The van der Waals surface area contributed by atoms with Gasteiger partial charge in [-0.1, -0.05) is 0 Å². The van der Waals surface area contributed by atoms with E-state index in [1.54, 1.807) is 7.11 Å². The Hall–Kier alpha value is -2.10. The Morgan fingerprint density at radius 3 is 2.55 bits per heavy atom. The first kappa shape index (κ1) is 14.8. The topological polar surface area (TPSA) is 39.9 Å². The summed E-state index contributed by atoms with van der Waals surface area (Å²) in [6, 6.07) is 18.6. The van der Waals surface area contributed by atoms with Crippen molar-refractivity contribution in [3.8, 4) is 5.75 Å².